The maximum atomic E-state index is 5.31. The lowest BCUT2D eigenvalue weighted by atomic mass is 10.2. The second kappa shape index (κ2) is 6.66. The first-order chi connectivity index (χ1) is 9.62. The Morgan fingerprint density at radius 2 is 1.75 bits per heavy atom. The molecule has 0 atom stereocenters. The number of hydrogen-bond donors (Lipinski definition) is 1. The number of aryl methyl sites for hydroxylation is 1. The van der Waals surface area contributed by atoms with Crippen LogP contribution in [0.3, 0.4) is 0 Å². The molecule has 0 fully saturated rings. The summed E-state index contributed by atoms with van der Waals surface area (Å²) in [6.07, 6.45) is 0. The van der Waals surface area contributed by atoms with Crippen LogP contribution in [0.4, 0.5) is 5.69 Å². The van der Waals surface area contributed by atoms with Crippen molar-refractivity contribution in [3.05, 3.63) is 52.0 Å². The number of anilines is 1. The number of methoxy groups -OCH3 is 2. The van der Waals surface area contributed by atoms with Crippen molar-refractivity contribution in [1.82, 2.24) is 0 Å². The lowest BCUT2D eigenvalue weighted by Gasteiger charge is -2.11. The second-order valence-electron chi connectivity index (χ2n) is 4.56. The molecule has 0 saturated carbocycles. The predicted molar refractivity (Wildman–Crippen MR) is 85.8 cm³/mol. The Hall–Kier alpha value is -1.68. The maximum absolute atomic E-state index is 5.31. The van der Waals surface area contributed by atoms with Gasteiger partial charge in [-0.25, -0.2) is 0 Å². The van der Waals surface area contributed by atoms with Gasteiger partial charge in [-0.1, -0.05) is 22.0 Å². The molecule has 2 rings (SSSR count). The first-order valence-corrected chi connectivity index (χ1v) is 7.13. The van der Waals surface area contributed by atoms with E-state index in [4.69, 9.17) is 9.47 Å². The third-order valence-corrected chi connectivity index (χ3v) is 3.44. The average Bonchev–Trinajstić information content (AvgIpc) is 2.43. The number of halogens is 1. The van der Waals surface area contributed by atoms with Crippen LogP contribution in [0.15, 0.2) is 40.9 Å². The van der Waals surface area contributed by atoms with Crippen LogP contribution in [0.5, 0.6) is 11.5 Å². The average molecular weight is 336 g/mol. The van der Waals surface area contributed by atoms with Gasteiger partial charge in [0.1, 0.15) is 0 Å². The molecule has 0 amide bonds. The number of rotatable bonds is 5. The van der Waals surface area contributed by atoms with E-state index >= 15 is 0 Å². The molecule has 0 aliphatic carbocycles. The minimum absolute atomic E-state index is 0.732. The molecule has 1 N–H and O–H groups in total. The number of hydrogen-bond acceptors (Lipinski definition) is 3. The van der Waals surface area contributed by atoms with Gasteiger partial charge in [-0.15, -0.1) is 0 Å². The molecule has 0 bridgehead atoms. The minimum atomic E-state index is 0.732. The number of ether oxygens (including phenoxy) is 2. The topological polar surface area (TPSA) is 30.5 Å². The molecule has 4 heteroatoms. The molecule has 3 nitrogen and oxygen atoms in total. The summed E-state index contributed by atoms with van der Waals surface area (Å²) in [5, 5.41) is 3.41. The Morgan fingerprint density at radius 1 is 1.00 bits per heavy atom. The molecule has 0 aliphatic rings. The van der Waals surface area contributed by atoms with Crippen LogP contribution < -0.4 is 14.8 Å². The zero-order valence-electron chi connectivity index (χ0n) is 11.9. The largest absolute Gasteiger partial charge is 0.493 e. The van der Waals surface area contributed by atoms with E-state index in [1.54, 1.807) is 14.2 Å². The highest BCUT2D eigenvalue weighted by molar-refractivity contribution is 9.10. The normalized spacial score (nSPS) is 10.2. The third-order valence-electron chi connectivity index (χ3n) is 2.99. The lowest BCUT2D eigenvalue weighted by molar-refractivity contribution is 0.354. The van der Waals surface area contributed by atoms with Crippen molar-refractivity contribution >= 4 is 21.6 Å². The fourth-order valence-corrected chi connectivity index (χ4v) is 2.64. The molecular formula is C16H18BrNO2. The molecule has 20 heavy (non-hydrogen) atoms. The zero-order valence-corrected chi connectivity index (χ0v) is 13.5. The molecule has 0 spiro atoms. The summed E-state index contributed by atoms with van der Waals surface area (Å²) in [6.45, 7) is 2.81. The van der Waals surface area contributed by atoms with Crippen LogP contribution in [0, 0.1) is 6.92 Å². The van der Waals surface area contributed by atoms with Gasteiger partial charge in [0.15, 0.2) is 11.5 Å². The molecule has 0 unspecified atom stereocenters. The van der Waals surface area contributed by atoms with Crippen LogP contribution in [-0.4, -0.2) is 14.2 Å². The Labute approximate surface area is 128 Å². The summed E-state index contributed by atoms with van der Waals surface area (Å²) < 4.78 is 11.6. The Balaban J connectivity index is 2.10. The molecule has 106 valence electrons. The van der Waals surface area contributed by atoms with Crippen molar-refractivity contribution in [3.8, 4) is 11.5 Å². The zero-order chi connectivity index (χ0) is 14.5. The van der Waals surface area contributed by atoms with Crippen molar-refractivity contribution in [3.63, 3.8) is 0 Å². The standard InChI is InChI=1S/C16H18BrNO2/c1-11-6-13(17)9-14(7-11)18-10-12-4-5-15(19-2)16(8-12)20-3/h4-9,18H,10H2,1-3H3. The monoisotopic (exact) mass is 335 g/mol. The van der Waals surface area contributed by atoms with Gasteiger partial charge in [0.25, 0.3) is 0 Å². The van der Waals surface area contributed by atoms with Gasteiger partial charge in [0.05, 0.1) is 14.2 Å². The van der Waals surface area contributed by atoms with E-state index in [1.807, 2.05) is 18.2 Å². The molecule has 0 radical (unpaired) electrons. The van der Waals surface area contributed by atoms with Crippen LogP contribution in [-0.2, 0) is 6.54 Å². The van der Waals surface area contributed by atoms with E-state index in [0.717, 1.165) is 33.8 Å². The second-order valence-corrected chi connectivity index (χ2v) is 5.48. The summed E-state index contributed by atoms with van der Waals surface area (Å²) in [6, 6.07) is 12.2. The maximum Gasteiger partial charge on any atom is 0.161 e. The summed E-state index contributed by atoms with van der Waals surface area (Å²) in [7, 11) is 3.28. The lowest BCUT2D eigenvalue weighted by Crippen LogP contribution is -2.00. The van der Waals surface area contributed by atoms with E-state index in [-0.39, 0.29) is 0 Å². The molecule has 0 aliphatic heterocycles. The molecule has 2 aromatic carbocycles. The molecule has 0 heterocycles. The van der Waals surface area contributed by atoms with E-state index in [9.17, 15) is 0 Å². The Kier molecular flexibility index (Phi) is 4.90. The van der Waals surface area contributed by atoms with E-state index in [1.165, 1.54) is 5.56 Å². The van der Waals surface area contributed by atoms with E-state index in [2.05, 4.69) is 46.4 Å². The quantitative estimate of drug-likeness (QED) is 0.879. The summed E-state index contributed by atoms with van der Waals surface area (Å²) in [5.74, 6) is 1.49. The summed E-state index contributed by atoms with van der Waals surface area (Å²) >= 11 is 3.50. The van der Waals surface area contributed by atoms with Crippen molar-refractivity contribution in [2.75, 3.05) is 19.5 Å². The van der Waals surface area contributed by atoms with Gasteiger partial charge >= 0.3 is 0 Å². The fourth-order valence-electron chi connectivity index (χ4n) is 2.03. The minimum Gasteiger partial charge on any atom is -0.493 e. The van der Waals surface area contributed by atoms with Crippen LogP contribution >= 0.6 is 15.9 Å². The van der Waals surface area contributed by atoms with Gasteiger partial charge in [-0.2, -0.15) is 0 Å². The van der Waals surface area contributed by atoms with Crippen molar-refractivity contribution < 1.29 is 9.47 Å². The van der Waals surface area contributed by atoms with Gasteiger partial charge in [0, 0.05) is 16.7 Å². The smallest absolute Gasteiger partial charge is 0.161 e. The van der Waals surface area contributed by atoms with E-state index < -0.39 is 0 Å². The highest BCUT2D eigenvalue weighted by Crippen LogP contribution is 2.28. The Morgan fingerprint density at radius 3 is 2.40 bits per heavy atom. The van der Waals surface area contributed by atoms with Crippen molar-refractivity contribution in [1.29, 1.82) is 0 Å². The molecule has 2 aromatic rings. The van der Waals surface area contributed by atoms with Gasteiger partial charge in [0.2, 0.25) is 0 Å². The van der Waals surface area contributed by atoms with Crippen LogP contribution in [0.25, 0.3) is 0 Å². The van der Waals surface area contributed by atoms with Crippen molar-refractivity contribution in [2.24, 2.45) is 0 Å². The summed E-state index contributed by atoms with van der Waals surface area (Å²) in [4.78, 5) is 0. The molecular weight excluding hydrogens is 318 g/mol. The molecule has 0 saturated heterocycles. The predicted octanol–water partition coefficient (Wildman–Crippen LogP) is 4.39. The SMILES string of the molecule is COc1ccc(CNc2cc(C)cc(Br)c2)cc1OC. The van der Waals surface area contributed by atoms with E-state index in [0.29, 0.717) is 0 Å². The third kappa shape index (κ3) is 3.67. The summed E-state index contributed by atoms with van der Waals surface area (Å²) in [5.41, 5.74) is 3.45. The van der Waals surface area contributed by atoms with Crippen LogP contribution in [0.1, 0.15) is 11.1 Å². The van der Waals surface area contributed by atoms with Gasteiger partial charge in [-0.3, -0.25) is 0 Å². The van der Waals surface area contributed by atoms with Crippen molar-refractivity contribution in [2.45, 2.75) is 13.5 Å². The number of nitrogens with one attached hydrogen (secondary N) is 1. The molecule has 0 aromatic heterocycles. The highest BCUT2D eigenvalue weighted by atomic mass is 79.9. The Bertz CT molecular complexity index is 579. The van der Waals surface area contributed by atoms with Gasteiger partial charge in [-0.05, 0) is 48.4 Å². The fraction of sp³-hybridized carbons (Fsp3) is 0.250. The first-order valence-electron chi connectivity index (χ1n) is 6.34. The number of benzene rings is 2. The first kappa shape index (κ1) is 14.7. The van der Waals surface area contributed by atoms with Crippen LogP contribution in [0.2, 0.25) is 0 Å². The van der Waals surface area contributed by atoms with Gasteiger partial charge < -0.3 is 14.8 Å². The highest BCUT2D eigenvalue weighted by Gasteiger charge is 2.04.